The van der Waals surface area contributed by atoms with E-state index >= 15 is 0 Å². The van der Waals surface area contributed by atoms with E-state index in [1.807, 2.05) is 0 Å². The van der Waals surface area contributed by atoms with Crippen molar-refractivity contribution in [3.63, 3.8) is 0 Å². The summed E-state index contributed by atoms with van der Waals surface area (Å²) in [7, 11) is 2.12. The van der Waals surface area contributed by atoms with Gasteiger partial charge in [0.05, 0.1) is 6.04 Å². The molecule has 90 valence electrons. The molecule has 0 amide bonds. The fourth-order valence-electron chi connectivity index (χ4n) is 5.44. The minimum atomic E-state index is 0.230. The van der Waals surface area contributed by atoms with Crippen LogP contribution in [-0.2, 0) is 4.79 Å². The zero-order chi connectivity index (χ0) is 11.7. The van der Waals surface area contributed by atoms with Crippen LogP contribution in [0.25, 0.3) is 0 Å². The van der Waals surface area contributed by atoms with Crippen molar-refractivity contribution in [2.24, 2.45) is 29.1 Å². The van der Waals surface area contributed by atoms with Crippen LogP contribution in [-0.4, -0.2) is 30.3 Å². The molecule has 1 aliphatic heterocycles. The third-order valence-electron chi connectivity index (χ3n) is 6.00. The van der Waals surface area contributed by atoms with Gasteiger partial charge < -0.3 is 0 Å². The molecule has 5 atom stereocenters. The summed E-state index contributed by atoms with van der Waals surface area (Å²) >= 11 is 0. The number of fused-ring (bicyclic) bond motifs is 3. The Hall–Kier alpha value is -0.370. The molecular formula is C14H23NO. The maximum atomic E-state index is 11.8. The van der Waals surface area contributed by atoms with E-state index in [0.717, 1.165) is 24.3 Å². The molecule has 0 bridgehead atoms. The number of rotatable bonds is 1. The molecule has 0 radical (unpaired) electrons. The predicted molar refractivity (Wildman–Crippen MR) is 64.1 cm³/mol. The third kappa shape index (κ3) is 1.000. The van der Waals surface area contributed by atoms with E-state index < -0.39 is 0 Å². The number of nitrogens with zero attached hydrogens (tertiary/aromatic N) is 1. The van der Waals surface area contributed by atoms with Gasteiger partial charge in [-0.05, 0) is 55.9 Å². The van der Waals surface area contributed by atoms with E-state index in [1.165, 1.54) is 12.8 Å². The molecule has 0 aromatic rings. The van der Waals surface area contributed by atoms with Gasteiger partial charge in [-0.3, -0.25) is 9.69 Å². The van der Waals surface area contributed by atoms with Crippen molar-refractivity contribution in [1.82, 2.24) is 4.90 Å². The fraction of sp³-hybridized carbons (Fsp3) is 0.929. The van der Waals surface area contributed by atoms with Crippen LogP contribution < -0.4 is 0 Å². The molecule has 0 N–H and O–H groups in total. The van der Waals surface area contributed by atoms with Gasteiger partial charge in [0.1, 0.15) is 5.78 Å². The summed E-state index contributed by atoms with van der Waals surface area (Å²) in [5.74, 6) is 3.57. The Balaban J connectivity index is 1.92. The second-order valence-corrected chi connectivity index (χ2v) is 6.51. The highest BCUT2D eigenvalue weighted by Gasteiger charge is 2.76. The highest BCUT2D eigenvalue weighted by molar-refractivity contribution is 5.83. The molecule has 2 nitrogen and oxygen atoms in total. The molecule has 1 spiro atoms. The maximum absolute atomic E-state index is 11.8. The first-order valence-electron chi connectivity index (χ1n) is 6.72. The molecule has 3 aliphatic rings. The van der Waals surface area contributed by atoms with E-state index in [1.54, 1.807) is 6.92 Å². The van der Waals surface area contributed by atoms with Crippen LogP contribution in [0.2, 0.25) is 0 Å². The Labute approximate surface area is 98.4 Å². The first kappa shape index (κ1) is 10.8. The zero-order valence-electron chi connectivity index (χ0n) is 10.9. The fourth-order valence-corrected chi connectivity index (χ4v) is 5.44. The molecule has 3 fully saturated rings. The van der Waals surface area contributed by atoms with Crippen LogP contribution in [0.3, 0.4) is 0 Å². The largest absolute Gasteiger partial charge is 0.298 e. The van der Waals surface area contributed by atoms with E-state index in [4.69, 9.17) is 0 Å². The van der Waals surface area contributed by atoms with Crippen molar-refractivity contribution in [3.8, 4) is 0 Å². The first-order valence-corrected chi connectivity index (χ1v) is 6.72. The lowest BCUT2D eigenvalue weighted by molar-refractivity contribution is -0.122. The molecule has 16 heavy (non-hydrogen) atoms. The number of likely N-dealkylation sites (N-methyl/N-ethyl adjacent to an activating group) is 1. The maximum Gasteiger partial charge on any atom is 0.147 e. The Morgan fingerprint density at radius 2 is 1.81 bits per heavy atom. The summed E-state index contributed by atoms with van der Waals surface area (Å²) in [6.45, 7) is 7.77. The topological polar surface area (TPSA) is 20.3 Å². The van der Waals surface area contributed by atoms with Crippen molar-refractivity contribution in [1.29, 1.82) is 0 Å². The van der Waals surface area contributed by atoms with E-state index in [9.17, 15) is 4.79 Å². The van der Waals surface area contributed by atoms with Crippen molar-refractivity contribution >= 4 is 5.78 Å². The van der Waals surface area contributed by atoms with Gasteiger partial charge in [0.25, 0.3) is 0 Å². The summed E-state index contributed by atoms with van der Waals surface area (Å²) in [6.07, 6.45) is 2.75. The number of carbonyl (C=O) groups excluding carboxylic acids is 1. The summed E-state index contributed by atoms with van der Waals surface area (Å²) in [6, 6.07) is 0.230. The standard InChI is InChI=1S/C14H23NO/c1-8-5-6-9(2)14(8)11-7-15(4)13(10(3)16)12(11)14/h8-9,11-13H,5-7H2,1-4H3/t8-,9-,11+,12+,13-/m1/s1. The highest BCUT2D eigenvalue weighted by Crippen LogP contribution is 2.76. The summed E-state index contributed by atoms with van der Waals surface area (Å²) < 4.78 is 0. The van der Waals surface area contributed by atoms with E-state index in [0.29, 0.717) is 17.1 Å². The van der Waals surface area contributed by atoms with Gasteiger partial charge in [0.2, 0.25) is 0 Å². The molecule has 2 aliphatic carbocycles. The summed E-state index contributed by atoms with van der Waals surface area (Å²) in [4.78, 5) is 14.1. The first-order chi connectivity index (χ1) is 7.51. The molecule has 1 saturated heterocycles. The lowest BCUT2D eigenvalue weighted by Crippen LogP contribution is -2.40. The number of piperidine rings is 1. The van der Waals surface area contributed by atoms with Gasteiger partial charge in [-0.1, -0.05) is 13.8 Å². The lowest BCUT2D eigenvalue weighted by atomic mass is 9.80. The Bertz CT molecular complexity index is 328. The Morgan fingerprint density at radius 1 is 1.25 bits per heavy atom. The van der Waals surface area contributed by atoms with Gasteiger partial charge in [-0.15, -0.1) is 0 Å². The quantitative estimate of drug-likeness (QED) is 0.676. The smallest absolute Gasteiger partial charge is 0.147 e. The molecule has 0 aromatic heterocycles. The molecule has 0 aromatic carbocycles. The van der Waals surface area contributed by atoms with Gasteiger partial charge in [0, 0.05) is 6.54 Å². The van der Waals surface area contributed by atoms with Gasteiger partial charge in [0.15, 0.2) is 0 Å². The number of hydrogen-bond acceptors (Lipinski definition) is 2. The second kappa shape index (κ2) is 3.10. The van der Waals surface area contributed by atoms with Crippen LogP contribution in [0.15, 0.2) is 0 Å². The molecule has 2 saturated carbocycles. The zero-order valence-corrected chi connectivity index (χ0v) is 10.9. The van der Waals surface area contributed by atoms with Crippen molar-refractivity contribution in [2.45, 2.75) is 39.7 Å². The lowest BCUT2D eigenvalue weighted by Gasteiger charge is -2.32. The SMILES string of the molecule is CC(=O)[C@@H]1[C@@H]2[C@H](CN1C)C21[C@H](C)CC[C@H]1C. The number of ketones is 1. The number of likely N-dealkylation sites (tertiary alicyclic amines) is 1. The number of carbonyl (C=O) groups is 1. The van der Waals surface area contributed by atoms with Gasteiger partial charge >= 0.3 is 0 Å². The van der Waals surface area contributed by atoms with Crippen molar-refractivity contribution in [2.75, 3.05) is 13.6 Å². The van der Waals surface area contributed by atoms with Crippen LogP contribution >= 0.6 is 0 Å². The van der Waals surface area contributed by atoms with E-state index in [2.05, 4.69) is 25.8 Å². The van der Waals surface area contributed by atoms with Gasteiger partial charge in [-0.2, -0.15) is 0 Å². The number of hydrogen-bond donors (Lipinski definition) is 0. The molecular weight excluding hydrogens is 198 g/mol. The van der Waals surface area contributed by atoms with Crippen LogP contribution in [0, 0.1) is 29.1 Å². The van der Waals surface area contributed by atoms with Crippen molar-refractivity contribution < 1.29 is 4.79 Å². The normalized spacial score (nSPS) is 49.6. The van der Waals surface area contributed by atoms with Crippen molar-refractivity contribution in [3.05, 3.63) is 0 Å². The predicted octanol–water partition coefficient (Wildman–Crippen LogP) is 2.19. The third-order valence-corrected chi connectivity index (χ3v) is 6.00. The van der Waals surface area contributed by atoms with Crippen LogP contribution in [0.4, 0.5) is 0 Å². The Kier molecular flexibility index (Phi) is 2.08. The average molecular weight is 221 g/mol. The highest BCUT2D eigenvalue weighted by atomic mass is 16.1. The molecule has 3 rings (SSSR count). The monoisotopic (exact) mass is 221 g/mol. The number of Topliss-reactive ketones (excluding diaryl/α,β-unsaturated/α-hetero) is 1. The minimum absolute atomic E-state index is 0.230. The summed E-state index contributed by atoms with van der Waals surface area (Å²) in [5, 5.41) is 0. The average Bonchev–Trinajstić information content (AvgIpc) is 2.53. The van der Waals surface area contributed by atoms with Crippen LogP contribution in [0.1, 0.15) is 33.6 Å². The van der Waals surface area contributed by atoms with E-state index in [-0.39, 0.29) is 6.04 Å². The van der Waals surface area contributed by atoms with Crippen LogP contribution in [0.5, 0.6) is 0 Å². The van der Waals surface area contributed by atoms with Gasteiger partial charge in [-0.25, -0.2) is 0 Å². The summed E-state index contributed by atoms with van der Waals surface area (Å²) in [5.41, 5.74) is 0.544. The minimum Gasteiger partial charge on any atom is -0.298 e. The molecule has 0 unspecified atom stereocenters. The second-order valence-electron chi connectivity index (χ2n) is 6.51. The Morgan fingerprint density at radius 3 is 2.31 bits per heavy atom. The molecule has 1 heterocycles. The molecule has 2 heteroatoms.